The van der Waals surface area contributed by atoms with Gasteiger partial charge in [0.05, 0.1) is 12.0 Å². The fraction of sp³-hybridized carbons (Fsp3) is 0.909. The summed E-state index contributed by atoms with van der Waals surface area (Å²) in [5, 5.41) is 3.36. The predicted octanol–water partition coefficient (Wildman–Crippen LogP) is 1.33. The summed E-state index contributed by atoms with van der Waals surface area (Å²) in [6.45, 7) is 6.47. The van der Waals surface area contributed by atoms with Gasteiger partial charge in [-0.2, -0.15) is 0 Å². The SMILES string of the molecule is CCOC(=O)C12CNCC(CC)(C1)C2. The second kappa shape index (κ2) is 3.23. The lowest BCUT2D eigenvalue weighted by Crippen LogP contribution is -2.65. The first-order valence-corrected chi connectivity index (χ1v) is 5.54. The summed E-state index contributed by atoms with van der Waals surface area (Å²) in [5.41, 5.74) is 0.218. The second-order valence-corrected chi connectivity index (χ2v) is 4.81. The molecule has 0 aromatic carbocycles. The lowest BCUT2D eigenvalue weighted by atomic mass is 9.49. The highest BCUT2D eigenvalue weighted by Crippen LogP contribution is 2.58. The van der Waals surface area contributed by atoms with Crippen LogP contribution in [0.25, 0.3) is 0 Å². The number of hydrogen-bond acceptors (Lipinski definition) is 3. The van der Waals surface area contributed by atoms with Crippen molar-refractivity contribution in [3.8, 4) is 0 Å². The Bertz CT molecular complexity index is 244. The molecule has 0 aromatic heterocycles. The van der Waals surface area contributed by atoms with Gasteiger partial charge in [0.15, 0.2) is 0 Å². The Balaban J connectivity index is 2.03. The minimum absolute atomic E-state index is 0.0104. The summed E-state index contributed by atoms with van der Waals surface area (Å²) in [6.07, 6.45) is 3.23. The van der Waals surface area contributed by atoms with Gasteiger partial charge in [-0.3, -0.25) is 4.79 Å². The molecule has 0 aromatic rings. The molecule has 2 bridgehead atoms. The van der Waals surface area contributed by atoms with Gasteiger partial charge >= 0.3 is 5.97 Å². The van der Waals surface area contributed by atoms with Crippen LogP contribution in [0.5, 0.6) is 0 Å². The number of carbonyl (C=O) groups is 1. The summed E-state index contributed by atoms with van der Waals surface area (Å²) >= 11 is 0. The van der Waals surface area contributed by atoms with Crippen molar-refractivity contribution >= 4 is 5.97 Å². The fourth-order valence-corrected chi connectivity index (χ4v) is 3.08. The molecular weight excluding hydrogens is 178 g/mol. The highest BCUT2D eigenvalue weighted by atomic mass is 16.5. The number of carbonyl (C=O) groups excluding carboxylic acids is 1. The molecule has 0 atom stereocenters. The predicted molar refractivity (Wildman–Crippen MR) is 53.9 cm³/mol. The maximum atomic E-state index is 11.8. The van der Waals surface area contributed by atoms with Gasteiger partial charge in [-0.05, 0) is 31.6 Å². The van der Waals surface area contributed by atoms with Crippen LogP contribution >= 0.6 is 0 Å². The van der Waals surface area contributed by atoms with Crippen LogP contribution in [0.3, 0.4) is 0 Å². The summed E-state index contributed by atoms with van der Waals surface area (Å²) in [5.74, 6) is 0.0104. The Hall–Kier alpha value is -0.570. The molecule has 2 saturated heterocycles. The van der Waals surface area contributed by atoms with Gasteiger partial charge in [-0.25, -0.2) is 0 Å². The molecule has 1 N–H and O–H groups in total. The molecule has 14 heavy (non-hydrogen) atoms. The zero-order valence-corrected chi connectivity index (χ0v) is 9.06. The molecule has 0 unspecified atom stereocenters. The third-order valence-corrected chi connectivity index (χ3v) is 3.85. The van der Waals surface area contributed by atoms with Crippen LogP contribution in [0.4, 0.5) is 0 Å². The molecule has 0 amide bonds. The Morgan fingerprint density at radius 2 is 2.07 bits per heavy atom. The Labute approximate surface area is 85.2 Å². The van der Waals surface area contributed by atoms with Crippen LogP contribution < -0.4 is 5.32 Å². The molecule has 3 heteroatoms. The van der Waals surface area contributed by atoms with E-state index in [0.29, 0.717) is 12.0 Å². The van der Waals surface area contributed by atoms with E-state index in [0.717, 1.165) is 25.9 Å². The van der Waals surface area contributed by atoms with E-state index < -0.39 is 0 Å². The molecule has 1 aliphatic carbocycles. The van der Waals surface area contributed by atoms with Crippen LogP contribution in [-0.4, -0.2) is 25.7 Å². The Kier molecular flexibility index (Phi) is 2.30. The smallest absolute Gasteiger partial charge is 0.313 e. The average Bonchev–Trinajstić information content (AvgIpc) is 2.17. The number of ether oxygens (including phenoxy) is 1. The van der Waals surface area contributed by atoms with Gasteiger partial charge < -0.3 is 10.1 Å². The van der Waals surface area contributed by atoms with E-state index in [4.69, 9.17) is 4.74 Å². The van der Waals surface area contributed by atoms with E-state index in [1.165, 1.54) is 6.42 Å². The molecule has 3 rings (SSSR count). The topological polar surface area (TPSA) is 38.3 Å². The van der Waals surface area contributed by atoms with Gasteiger partial charge in [0.25, 0.3) is 0 Å². The van der Waals surface area contributed by atoms with E-state index in [9.17, 15) is 4.79 Å². The number of esters is 1. The van der Waals surface area contributed by atoms with Crippen molar-refractivity contribution in [3.63, 3.8) is 0 Å². The molecule has 3 aliphatic rings. The average molecular weight is 197 g/mol. The molecule has 1 saturated carbocycles. The van der Waals surface area contributed by atoms with Crippen molar-refractivity contribution in [2.45, 2.75) is 33.1 Å². The first-order valence-electron chi connectivity index (χ1n) is 5.54. The maximum Gasteiger partial charge on any atom is 0.313 e. The summed E-state index contributed by atoms with van der Waals surface area (Å²) in [4.78, 5) is 11.8. The van der Waals surface area contributed by atoms with Gasteiger partial charge in [0.2, 0.25) is 0 Å². The third kappa shape index (κ3) is 1.26. The third-order valence-electron chi connectivity index (χ3n) is 3.85. The largest absolute Gasteiger partial charge is 0.466 e. The summed E-state index contributed by atoms with van der Waals surface area (Å²) in [7, 11) is 0. The normalized spacial score (nSPS) is 40.1. The zero-order valence-electron chi connectivity index (χ0n) is 9.06. The fourth-order valence-electron chi connectivity index (χ4n) is 3.08. The van der Waals surface area contributed by atoms with Crippen molar-refractivity contribution in [2.24, 2.45) is 10.8 Å². The Morgan fingerprint density at radius 3 is 2.64 bits per heavy atom. The summed E-state index contributed by atoms with van der Waals surface area (Å²) in [6, 6.07) is 0. The van der Waals surface area contributed by atoms with Crippen LogP contribution in [-0.2, 0) is 9.53 Å². The Morgan fingerprint density at radius 1 is 1.36 bits per heavy atom. The quantitative estimate of drug-likeness (QED) is 0.694. The van der Waals surface area contributed by atoms with Crippen molar-refractivity contribution in [1.82, 2.24) is 5.32 Å². The van der Waals surface area contributed by atoms with Gasteiger partial charge in [-0.1, -0.05) is 6.92 Å². The number of piperidine rings is 2. The van der Waals surface area contributed by atoms with Crippen molar-refractivity contribution in [1.29, 1.82) is 0 Å². The van der Waals surface area contributed by atoms with Crippen molar-refractivity contribution in [3.05, 3.63) is 0 Å². The number of rotatable bonds is 3. The standard InChI is InChI=1S/C11H19NO2/c1-3-10-5-11(6-10,8-12-7-10)9(13)14-4-2/h12H,3-8H2,1-2H3. The lowest BCUT2D eigenvalue weighted by Gasteiger charge is -2.59. The molecule has 0 spiro atoms. The number of nitrogens with one attached hydrogen (secondary N) is 1. The van der Waals surface area contributed by atoms with E-state index in [1.807, 2.05) is 6.92 Å². The van der Waals surface area contributed by atoms with Crippen LogP contribution in [0, 0.1) is 10.8 Å². The van der Waals surface area contributed by atoms with Crippen LogP contribution in [0.1, 0.15) is 33.1 Å². The molecular formula is C11H19NO2. The second-order valence-electron chi connectivity index (χ2n) is 4.81. The van der Waals surface area contributed by atoms with Gasteiger partial charge in [0.1, 0.15) is 0 Å². The lowest BCUT2D eigenvalue weighted by molar-refractivity contribution is -0.178. The summed E-state index contributed by atoms with van der Waals surface area (Å²) < 4.78 is 5.13. The first-order chi connectivity index (χ1) is 6.66. The minimum Gasteiger partial charge on any atom is -0.466 e. The van der Waals surface area contributed by atoms with Crippen molar-refractivity contribution < 1.29 is 9.53 Å². The molecule has 3 nitrogen and oxygen atoms in total. The van der Waals surface area contributed by atoms with Crippen LogP contribution in [0.2, 0.25) is 0 Å². The number of fused-ring (bicyclic) bond motifs is 2. The molecule has 2 aliphatic heterocycles. The highest BCUT2D eigenvalue weighted by Gasteiger charge is 2.60. The van der Waals surface area contributed by atoms with Crippen LogP contribution in [0.15, 0.2) is 0 Å². The van der Waals surface area contributed by atoms with E-state index in [1.54, 1.807) is 0 Å². The van der Waals surface area contributed by atoms with E-state index >= 15 is 0 Å². The van der Waals surface area contributed by atoms with Crippen molar-refractivity contribution in [2.75, 3.05) is 19.7 Å². The molecule has 80 valence electrons. The van der Waals surface area contributed by atoms with E-state index in [-0.39, 0.29) is 11.4 Å². The minimum atomic E-state index is -0.176. The first kappa shape index (κ1) is 9.97. The molecule has 3 fully saturated rings. The number of hydrogen-bond donors (Lipinski definition) is 1. The van der Waals surface area contributed by atoms with Gasteiger partial charge in [-0.15, -0.1) is 0 Å². The monoisotopic (exact) mass is 197 g/mol. The highest BCUT2D eigenvalue weighted by molar-refractivity contribution is 5.79. The molecule has 0 radical (unpaired) electrons. The molecule has 2 heterocycles. The maximum absolute atomic E-state index is 11.8. The van der Waals surface area contributed by atoms with Gasteiger partial charge in [0, 0.05) is 13.1 Å². The van der Waals surface area contributed by atoms with E-state index in [2.05, 4.69) is 12.2 Å². The zero-order chi connectivity index (χ0) is 10.2.